The van der Waals surface area contributed by atoms with Crippen LogP contribution in [0.25, 0.3) is 0 Å². The lowest BCUT2D eigenvalue weighted by molar-refractivity contribution is -0.155. The first kappa shape index (κ1) is 22.6. The first-order chi connectivity index (χ1) is 15.4. The third-order valence-corrected chi connectivity index (χ3v) is 9.76. The summed E-state index contributed by atoms with van der Waals surface area (Å²) in [6, 6.07) is 0. The van der Waals surface area contributed by atoms with Gasteiger partial charge in [0.2, 0.25) is 0 Å². The van der Waals surface area contributed by atoms with Gasteiger partial charge in [-0.25, -0.2) is 0 Å². The third kappa shape index (κ3) is 3.50. The average molecular weight is 445 g/mol. The SMILES string of the molecule is COC(OC)[C@@H](C)[C@H]1CC[C@H]2C3=C[C@@H](COC(C)=O)[C@@H]4C[C@@H]5CC=C([C@H]3CC[C@]12C)[C@H]4O5. The van der Waals surface area contributed by atoms with Gasteiger partial charge in [-0.2, -0.15) is 0 Å². The van der Waals surface area contributed by atoms with Gasteiger partial charge in [0.15, 0.2) is 6.29 Å². The van der Waals surface area contributed by atoms with Crippen LogP contribution in [-0.2, 0) is 23.7 Å². The van der Waals surface area contributed by atoms with Crippen molar-refractivity contribution in [3.63, 3.8) is 0 Å². The average Bonchev–Trinajstić information content (AvgIpc) is 3.26. The van der Waals surface area contributed by atoms with E-state index < -0.39 is 0 Å². The summed E-state index contributed by atoms with van der Waals surface area (Å²) in [7, 11) is 3.51. The van der Waals surface area contributed by atoms with Crippen molar-refractivity contribution < 1.29 is 23.7 Å². The van der Waals surface area contributed by atoms with Crippen LogP contribution >= 0.6 is 0 Å². The molecule has 0 amide bonds. The molecule has 3 fully saturated rings. The van der Waals surface area contributed by atoms with Crippen molar-refractivity contribution >= 4 is 5.97 Å². The second-order valence-electron chi connectivity index (χ2n) is 11.2. The summed E-state index contributed by atoms with van der Waals surface area (Å²) < 4.78 is 23.4. The first-order valence-corrected chi connectivity index (χ1v) is 12.6. The van der Waals surface area contributed by atoms with E-state index in [0.29, 0.717) is 42.3 Å². The van der Waals surface area contributed by atoms with Crippen LogP contribution in [0.3, 0.4) is 0 Å². The molecule has 0 aromatic heterocycles. The molecule has 2 saturated carbocycles. The van der Waals surface area contributed by atoms with Crippen LogP contribution < -0.4 is 0 Å². The van der Waals surface area contributed by atoms with E-state index in [-0.39, 0.29) is 29.7 Å². The number of esters is 1. The molecule has 0 aromatic carbocycles. The van der Waals surface area contributed by atoms with Gasteiger partial charge in [0.1, 0.15) is 0 Å². The minimum absolute atomic E-state index is 0.154. The van der Waals surface area contributed by atoms with E-state index in [1.54, 1.807) is 19.8 Å². The summed E-state index contributed by atoms with van der Waals surface area (Å²) in [4.78, 5) is 11.7. The second-order valence-corrected chi connectivity index (χ2v) is 11.2. The maximum atomic E-state index is 11.7. The zero-order valence-electron chi connectivity index (χ0n) is 20.3. The monoisotopic (exact) mass is 444 g/mol. The van der Waals surface area contributed by atoms with E-state index in [0.717, 1.165) is 12.8 Å². The van der Waals surface area contributed by atoms with Crippen molar-refractivity contribution in [2.24, 2.45) is 40.9 Å². The molecule has 0 aromatic rings. The molecule has 0 N–H and O–H groups in total. The standard InChI is InChI=1S/C27H40O5/c1-15(26(29-4)30-5)23-8-9-24-22-12-17(14-31-16(2)28)21-13-18-6-7-20(25(21)32-18)19(22)10-11-27(23,24)3/h7,12,15,17-19,21,23-26H,6,8-11,13-14H2,1-5H3/t15-,17-,18-,19+,21-,23+,24-,25+,27+/m0/s1. The van der Waals surface area contributed by atoms with E-state index in [4.69, 9.17) is 18.9 Å². The molecule has 1 saturated heterocycles. The molecule has 5 rings (SSSR count). The Morgan fingerprint density at radius 1 is 1.22 bits per heavy atom. The summed E-state index contributed by atoms with van der Waals surface area (Å²) in [5.41, 5.74) is 3.39. The van der Waals surface area contributed by atoms with Crippen molar-refractivity contribution in [2.75, 3.05) is 20.8 Å². The molecule has 3 aliphatic carbocycles. The van der Waals surface area contributed by atoms with Gasteiger partial charge in [0.05, 0.1) is 18.8 Å². The van der Waals surface area contributed by atoms with Crippen LogP contribution in [0.1, 0.15) is 59.3 Å². The molecule has 5 aliphatic rings. The van der Waals surface area contributed by atoms with Crippen LogP contribution in [0, 0.1) is 40.9 Å². The Balaban J connectivity index is 1.49. The lowest BCUT2D eigenvalue weighted by Gasteiger charge is -2.48. The van der Waals surface area contributed by atoms with Gasteiger partial charge in [0.25, 0.3) is 0 Å². The zero-order valence-corrected chi connectivity index (χ0v) is 20.3. The van der Waals surface area contributed by atoms with Crippen molar-refractivity contribution in [1.29, 1.82) is 0 Å². The molecule has 0 spiro atoms. The summed E-state index contributed by atoms with van der Waals surface area (Å²) in [5.74, 6) is 2.50. The summed E-state index contributed by atoms with van der Waals surface area (Å²) in [6.45, 7) is 6.81. The maximum absolute atomic E-state index is 11.7. The number of hydrogen-bond donors (Lipinski definition) is 0. The summed E-state index contributed by atoms with van der Waals surface area (Å²) in [6.07, 6.45) is 12.4. The second kappa shape index (κ2) is 8.56. The first-order valence-electron chi connectivity index (χ1n) is 12.6. The van der Waals surface area contributed by atoms with Crippen LogP contribution in [0.4, 0.5) is 0 Å². The highest BCUT2D eigenvalue weighted by molar-refractivity contribution is 5.65. The minimum atomic E-state index is -0.185. The number of rotatable bonds is 6. The van der Waals surface area contributed by atoms with Gasteiger partial charge >= 0.3 is 5.97 Å². The lowest BCUT2D eigenvalue weighted by atomic mass is 9.57. The number of carbonyl (C=O) groups is 1. The smallest absolute Gasteiger partial charge is 0.302 e. The number of allylic oxidation sites excluding steroid dienone is 1. The summed E-state index contributed by atoms with van der Waals surface area (Å²) in [5, 5.41) is 0. The predicted molar refractivity (Wildman–Crippen MR) is 122 cm³/mol. The highest BCUT2D eigenvalue weighted by Crippen LogP contribution is 2.64. The Morgan fingerprint density at radius 3 is 2.72 bits per heavy atom. The Kier molecular flexibility index (Phi) is 6.05. The van der Waals surface area contributed by atoms with Crippen molar-refractivity contribution in [2.45, 2.75) is 77.8 Å². The number of carbonyl (C=O) groups excluding carboxylic acids is 1. The fraction of sp³-hybridized carbons (Fsp3) is 0.815. The molecule has 32 heavy (non-hydrogen) atoms. The highest BCUT2D eigenvalue weighted by Gasteiger charge is 2.57. The van der Waals surface area contributed by atoms with Crippen molar-refractivity contribution in [3.8, 4) is 0 Å². The fourth-order valence-corrected chi connectivity index (χ4v) is 8.35. The van der Waals surface area contributed by atoms with Gasteiger partial charge in [-0.05, 0) is 61.3 Å². The number of hydrogen-bond acceptors (Lipinski definition) is 5. The molecule has 178 valence electrons. The Hall–Kier alpha value is -1.17. The number of ether oxygens (including phenoxy) is 4. The molecule has 2 aliphatic heterocycles. The Bertz CT molecular complexity index is 798. The Morgan fingerprint density at radius 2 is 2.00 bits per heavy atom. The van der Waals surface area contributed by atoms with Gasteiger partial charge in [0, 0.05) is 44.8 Å². The number of methoxy groups -OCH3 is 2. The van der Waals surface area contributed by atoms with Crippen LogP contribution in [0.15, 0.2) is 23.3 Å². The summed E-state index contributed by atoms with van der Waals surface area (Å²) >= 11 is 0. The van der Waals surface area contributed by atoms with Gasteiger partial charge < -0.3 is 18.9 Å². The largest absolute Gasteiger partial charge is 0.465 e. The van der Waals surface area contributed by atoms with Gasteiger partial charge in [-0.3, -0.25) is 4.79 Å². The Labute approximate surface area is 192 Å². The molecule has 0 unspecified atom stereocenters. The van der Waals surface area contributed by atoms with E-state index >= 15 is 0 Å². The van der Waals surface area contributed by atoms with Crippen LogP contribution in [0.2, 0.25) is 0 Å². The normalized spacial score (nSPS) is 43.1. The molecule has 5 heteroatoms. The highest BCUT2D eigenvalue weighted by atomic mass is 16.7. The molecule has 2 bridgehead atoms. The van der Waals surface area contributed by atoms with E-state index in [2.05, 4.69) is 26.0 Å². The van der Waals surface area contributed by atoms with Crippen LogP contribution in [0.5, 0.6) is 0 Å². The van der Waals surface area contributed by atoms with Crippen molar-refractivity contribution in [3.05, 3.63) is 23.3 Å². The molecule has 5 nitrogen and oxygen atoms in total. The maximum Gasteiger partial charge on any atom is 0.302 e. The molecule has 2 heterocycles. The van der Waals surface area contributed by atoms with Crippen LogP contribution in [-0.4, -0.2) is 45.3 Å². The van der Waals surface area contributed by atoms with Crippen molar-refractivity contribution in [1.82, 2.24) is 0 Å². The predicted octanol–water partition coefficient (Wildman–Crippen LogP) is 4.91. The van der Waals surface area contributed by atoms with E-state index in [1.165, 1.54) is 38.2 Å². The minimum Gasteiger partial charge on any atom is -0.465 e. The van der Waals surface area contributed by atoms with E-state index in [9.17, 15) is 4.79 Å². The van der Waals surface area contributed by atoms with E-state index in [1.807, 2.05) is 0 Å². The molecule has 9 atom stereocenters. The topological polar surface area (TPSA) is 54.0 Å². The zero-order chi connectivity index (χ0) is 22.6. The fourth-order valence-electron chi connectivity index (χ4n) is 8.35. The molecule has 0 radical (unpaired) electrons. The van der Waals surface area contributed by atoms with Gasteiger partial charge in [-0.15, -0.1) is 0 Å². The quantitative estimate of drug-likeness (QED) is 0.331. The number of fused-ring (bicyclic) bond motifs is 5. The molecular formula is C27H40O5. The lowest BCUT2D eigenvalue weighted by Crippen LogP contribution is -2.42. The third-order valence-electron chi connectivity index (χ3n) is 9.76. The molecular weight excluding hydrogens is 404 g/mol. The van der Waals surface area contributed by atoms with Gasteiger partial charge in [-0.1, -0.05) is 31.6 Å².